The quantitative estimate of drug-likeness (QED) is 0.769. The van der Waals surface area contributed by atoms with Gasteiger partial charge in [-0.25, -0.2) is 9.38 Å². The summed E-state index contributed by atoms with van der Waals surface area (Å²) < 4.78 is 13.9. The van der Waals surface area contributed by atoms with Crippen LogP contribution in [0, 0.1) is 11.8 Å². The van der Waals surface area contributed by atoms with Crippen LogP contribution in [0.1, 0.15) is 33.1 Å². The van der Waals surface area contributed by atoms with E-state index in [-0.39, 0.29) is 23.5 Å². The minimum absolute atomic E-state index is 0.138. The molecule has 0 radical (unpaired) electrons. The molecule has 3 rings (SSSR count). The maximum absolute atomic E-state index is 13.9. The van der Waals surface area contributed by atoms with Crippen LogP contribution in [0.15, 0.2) is 9.98 Å². The van der Waals surface area contributed by atoms with Crippen LogP contribution in [0.25, 0.3) is 0 Å². The van der Waals surface area contributed by atoms with Crippen molar-refractivity contribution in [2.45, 2.75) is 39.3 Å². The summed E-state index contributed by atoms with van der Waals surface area (Å²) in [6, 6.07) is 0. The van der Waals surface area contributed by atoms with Gasteiger partial charge in [-0.05, 0) is 18.8 Å². The molecule has 0 bridgehead atoms. The number of alkyl halides is 1. The average Bonchev–Trinajstić information content (AvgIpc) is 2.48. The number of rotatable bonds is 2. The first kappa shape index (κ1) is 16.1. The fourth-order valence-electron chi connectivity index (χ4n) is 3.08. The van der Waals surface area contributed by atoms with Crippen molar-refractivity contribution >= 4 is 23.5 Å². The zero-order valence-corrected chi connectivity index (χ0v) is 13.7. The number of carbonyl (C=O) groups excluding carboxylic acids is 2. The Morgan fingerprint density at radius 3 is 2.35 bits per heavy atom. The fraction of sp³-hybridized carbons (Fsp3) is 0.750. The van der Waals surface area contributed by atoms with Gasteiger partial charge < -0.3 is 9.80 Å². The lowest BCUT2D eigenvalue weighted by Crippen LogP contribution is -2.53. The number of amides is 2. The normalized spacial score (nSPS) is 26.1. The average molecular weight is 322 g/mol. The predicted octanol–water partition coefficient (Wildman–Crippen LogP) is 1.26. The molecule has 3 aliphatic rings. The van der Waals surface area contributed by atoms with Crippen molar-refractivity contribution < 1.29 is 14.0 Å². The second-order valence-electron chi connectivity index (χ2n) is 6.74. The number of piperazine rings is 1. The molecule has 6 nitrogen and oxygen atoms in total. The summed E-state index contributed by atoms with van der Waals surface area (Å²) in [4.78, 5) is 35.8. The zero-order chi connectivity index (χ0) is 16.6. The first-order valence-electron chi connectivity index (χ1n) is 8.36. The number of guanidine groups is 1. The molecule has 7 heteroatoms. The highest BCUT2D eigenvalue weighted by Gasteiger charge is 2.35. The molecule has 23 heavy (non-hydrogen) atoms. The van der Waals surface area contributed by atoms with Gasteiger partial charge in [-0.3, -0.25) is 9.59 Å². The van der Waals surface area contributed by atoms with E-state index in [1.807, 2.05) is 23.6 Å². The fourth-order valence-corrected chi connectivity index (χ4v) is 3.08. The summed E-state index contributed by atoms with van der Waals surface area (Å²) in [5, 5.41) is 0. The molecule has 1 saturated carbocycles. The number of hydrogen-bond acceptors (Lipinski definition) is 4. The molecule has 1 unspecified atom stereocenters. The molecule has 2 fully saturated rings. The maximum Gasteiger partial charge on any atom is 0.289 e. The SMILES string of the molecule is CC(C)C1=NC(N2CCN(C(=O)C3CCC3)CC2)=NC(=O)C1F. The lowest BCUT2D eigenvalue weighted by molar-refractivity contribution is -0.139. The summed E-state index contributed by atoms with van der Waals surface area (Å²) in [6.45, 7) is 6.00. The molecule has 1 aliphatic carbocycles. The topological polar surface area (TPSA) is 65.3 Å². The number of nitrogens with zero attached hydrogens (tertiary/aromatic N) is 4. The van der Waals surface area contributed by atoms with Crippen LogP contribution in [-0.4, -0.2) is 65.6 Å². The monoisotopic (exact) mass is 322 g/mol. The van der Waals surface area contributed by atoms with E-state index in [9.17, 15) is 14.0 Å². The first-order valence-corrected chi connectivity index (χ1v) is 8.36. The largest absolute Gasteiger partial charge is 0.339 e. The molecule has 1 atom stereocenters. The Labute approximate surface area is 135 Å². The summed E-state index contributed by atoms with van der Waals surface area (Å²) in [5.41, 5.74) is 0.243. The van der Waals surface area contributed by atoms with Gasteiger partial charge in [0.05, 0.1) is 5.71 Å². The van der Waals surface area contributed by atoms with Gasteiger partial charge in [0.25, 0.3) is 5.91 Å². The third kappa shape index (κ3) is 3.14. The Morgan fingerprint density at radius 2 is 1.83 bits per heavy atom. The Morgan fingerprint density at radius 1 is 1.17 bits per heavy atom. The van der Waals surface area contributed by atoms with Gasteiger partial charge in [-0.1, -0.05) is 20.3 Å². The molecule has 2 heterocycles. The van der Waals surface area contributed by atoms with Crippen LogP contribution in [0.3, 0.4) is 0 Å². The van der Waals surface area contributed by atoms with Crippen molar-refractivity contribution in [2.75, 3.05) is 26.2 Å². The Bertz CT molecular complexity index is 560. The third-order valence-electron chi connectivity index (χ3n) is 4.84. The molecule has 126 valence electrons. The van der Waals surface area contributed by atoms with Gasteiger partial charge in [0.15, 0.2) is 0 Å². The highest BCUT2D eigenvalue weighted by molar-refractivity contribution is 6.18. The first-order chi connectivity index (χ1) is 11.0. The van der Waals surface area contributed by atoms with E-state index < -0.39 is 12.1 Å². The highest BCUT2D eigenvalue weighted by atomic mass is 19.1. The van der Waals surface area contributed by atoms with Gasteiger partial charge in [-0.15, -0.1) is 0 Å². The van der Waals surface area contributed by atoms with Crippen molar-refractivity contribution in [1.29, 1.82) is 0 Å². The maximum atomic E-state index is 13.9. The van der Waals surface area contributed by atoms with Gasteiger partial charge >= 0.3 is 0 Å². The number of halogens is 1. The van der Waals surface area contributed by atoms with Crippen molar-refractivity contribution in [3.8, 4) is 0 Å². The van der Waals surface area contributed by atoms with Crippen molar-refractivity contribution in [2.24, 2.45) is 21.8 Å². The minimum atomic E-state index is -1.72. The molecule has 0 aromatic heterocycles. The second kappa shape index (κ2) is 6.37. The summed E-state index contributed by atoms with van der Waals surface area (Å²) >= 11 is 0. The standard InChI is InChI=1S/C16H23FN4O2/c1-10(2)13-12(17)14(22)19-16(18-13)21-8-6-20(7-9-21)15(23)11-4-3-5-11/h10-12H,3-9H2,1-2H3. The summed E-state index contributed by atoms with van der Waals surface area (Å²) in [7, 11) is 0. The molecule has 1 saturated heterocycles. The third-order valence-corrected chi connectivity index (χ3v) is 4.84. The van der Waals surface area contributed by atoms with E-state index in [0.717, 1.165) is 19.3 Å². The lowest BCUT2D eigenvalue weighted by Gasteiger charge is -2.39. The smallest absolute Gasteiger partial charge is 0.289 e. The van der Waals surface area contributed by atoms with Crippen molar-refractivity contribution in [1.82, 2.24) is 9.80 Å². The highest BCUT2D eigenvalue weighted by Crippen LogP contribution is 2.28. The van der Waals surface area contributed by atoms with Crippen LogP contribution in [0.2, 0.25) is 0 Å². The molecular weight excluding hydrogens is 299 g/mol. The number of hydrogen-bond donors (Lipinski definition) is 0. The minimum Gasteiger partial charge on any atom is -0.339 e. The lowest BCUT2D eigenvalue weighted by atomic mass is 9.84. The Hall–Kier alpha value is -1.79. The molecule has 0 N–H and O–H groups in total. The van der Waals surface area contributed by atoms with Gasteiger partial charge in [0.2, 0.25) is 18.0 Å². The Kier molecular flexibility index (Phi) is 4.46. The van der Waals surface area contributed by atoms with Crippen LogP contribution < -0.4 is 0 Å². The van der Waals surface area contributed by atoms with Crippen LogP contribution >= 0.6 is 0 Å². The number of carbonyl (C=O) groups is 2. The van der Waals surface area contributed by atoms with Gasteiger partial charge in [-0.2, -0.15) is 4.99 Å². The van der Waals surface area contributed by atoms with Crippen LogP contribution in [0.4, 0.5) is 4.39 Å². The van der Waals surface area contributed by atoms with Crippen molar-refractivity contribution in [3.05, 3.63) is 0 Å². The van der Waals surface area contributed by atoms with Crippen molar-refractivity contribution in [3.63, 3.8) is 0 Å². The van der Waals surface area contributed by atoms with Gasteiger partial charge in [0.1, 0.15) is 0 Å². The van der Waals surface area contributed by atoms with E-state index in [1.165, 1.54) is 0 Å². The van der Waals surface area contributed by atoms with E-state index in [0.29, 0.717) is 32.1 Å². The van der Waals surface area contributed by atoms with E-state index in [2.05, 4.69) is 9.98 Å². The second-order valence-corrected chi connectivity index (χ2v) is 6.74. The van der Waals surface area contributed by atoms with Gasteiger partial charge in [0, 0.05) is 32.1 Å². The molecule has 2 amide bonds. The molecule has 2 aliphatic heterocycles. The molecule has 0 aromatic carbocycles. The van der Waals surface area contributed by atoms with E-state index in [4.69, 9.17) is 0 Å². The molecular formula is C16H23FN4O2. The van der Waals surface area contributed by atoms with E-state index in [1.54, 1.807) is 0 Å². The number of aliphatic imine (C=N–C) groups is 2. The Balaban J connectivity index is 1.64. The van der Waals surface area contributed by atoms with E-state index >= 15 is 0 Å². The summed E-state index contributed by atoms with van der Waals surface area (Å²) in [5.74, 6) is -0.170. The molecule has 0 aromatic rings. The molecule has 0 spiro atoms. The van der Waals surface area contributed by atoms with Crippen LogP contribution in [0.5, 0.6) is 0 Å². The predicted molar refractivity (Wildman–Crippen MR) is 85.1 cm³/mol. The van der Waals surface area contributed by atoms with Crippen LogP contribution in [-0.2, 0) is 9.59 Å². The summed E-state index contributed by atoms with van der Waals surface area (Å²) in [6.07, 6.45) is 1.42. The zero-order valence-electron chi connectivity index (χ0n) is 13.7.